The summed E-state index contributed by atoms with van der Waals surface area (Å²) < 4.78 is 0. The van der Waals surface area contributed by atoms with Crippen LogP contribution >= 0.6 is 7.47 Å². The molecule has 3 aromatic carbocycles. The predicted octanol–water partition coefficient (Wildman–Crippen LogP) is 6.24. The molecular weight excluding hydrogens is 427 g/mol. The molecule has 3 rings (SSSR count). The molecule has 2 N–H and O–H groups in total. The number of rotatable bonds is 4. The van der Waals surface area contributed by atoms with Crippen LogP contribution in [0.4, 0.5) is 0 Å². The summed E-state index contributed by atoms with van der Waals surface area (Å²) in [4.78, 5) is 0. The summed E-state index contributed by atoms with van der Waals surface area (Å²) in [6, 6.07) is 22.9. The molecule has 0 saturated carbocycles. The fourth-order valence-electron chi connectivity index (χ4n) is 4.34. The Morgan fingerprint density at radius 2 is 1.00 bits per heavy atom. The van der Waals surface area contributed by atoms with Crippen molar-refractivity contribution >= 4 is 31.0 Å². The van der Waals surface area contributed by atoms with E-state index in [2.05, 4.69) is 103 Å². The molecule has 0 heterocycles. The first-order chi connectivity index (χ1) is 14.8. The summed E-state index contributed by atoms with van der Waals surface area (Å²) in [7, 11) is -3.17. The molecule has 0 aliphatic rings. The van der Waals surface area contributed by atoms with Crippen molar-refractivity contribution in [3.05, 3.63) is 77.9 Å². The smallest absolute Gasteiger partial charge is 0.126 e. The number of phenols is 2. The first-order valence-electron chi connectivity index (χ1n) is 11.3. The summed E-state index contributed by atoms with van der Waals surface area (Å²) in [6.07, 6.45) is 0. The van der Waals surface area contributed by atoms with E-state index in [0.717, 1.165) is 21.7 Å². The Hall–Kier alpha value is -2.09. The highest BCUT2D eigenvalue weighted by molar-refractivity contribution is 8.06. The van der Waals surface area contributed by atoms with Crippen molar-refractivity contribution in [3.63, 3.8) is 0 Å². The second-order valence-electron chi connectivity index (χ2n) is 11.1. The van der Waals surface area contributed by atoms with Gasteiger partial charge in [0.15, 0.2) is 0 Å². The Labute approximate surface area is 196 Å². The number of aromatic hydroxyl groups is 2. The third kappa shape index (κ3) is 4.65. The Morgan fingerprint density at radius 1 is 0.594 bits per heavy atom. The van der Waals surface area contributed by atoms with Crippen molar-refractivity contribution in [2.75, 3.05) is 0 Å². The van der Waals surface area contributed by atoms with Crippen LogP contribution < -0.4 is 15.8 Å². The third-order valence-corrected chi connectivity index (χ3v) is 16.3. The standard InChI is InChI=1S/C28H37O2PSi/c1-27(2,3)21-16-12-18-23(25(21)29)31(32(7,8)20-14-10-9-11-15-20)24-19-13-17-22(26(24)30)28(4,5)6/h9-19,29-30H,1-8H3. The van der Waals surface area contributed by atoms with Crippen molar-refractivity contribution in [3.8, 4) is 11.5 Å². The maximum Gasteiger partial charge on any atom is 0.126 e. The van der Waals surface area contributed by atoms with Gasteiger partial charge in [-0.1, -0.05) is 127 Å². The van der Waals surface area contributed by atoms with Gasteiger partial charge in [0.2, 0.25) is 0 Å². The van der Waals surface area contributed by atoms with Crippen molar-refractivity contribution < 1.29 is 10.2 Å². The third-order valence-electron chi connectivity index (χ3n) is 6.17. The molecule has 2 nitrogen and oxygen atoms in total. The lowest BCUT2D eigenvalue weighted by Gasteiger charge is -2.37. The fourth-order valence-corrected chi connectivity index (χ4v) is 14.1. The molecule has 0 saturated heterocycles. The Bertz CT molecular complexity index is 1030. The van der Waals surface area contributed by atoms with Gasteiger partial charge >= 0.3 is 0 Å². The van der Waals surface area contributed by atoms with Gasteiger partial charge in [0.1, 0.15) is 19.2 Å². The molecule has 170 valence electrons. The Balaban J connectivity index is 2.36. The highest BCUT2D eigenvalue weighted by Crippen LogP contribution is 2.50. The molecule has 0 fully saturated rings. The zero-order valence-corrected chi connectivity index (χ0v) is 22.6. The maximum atomic E-state index is 11.5. The molecule has 0 amide bonds. The van der Waals surface area contributed by atoms with E-state index in [1.807, 2.05) is 18.2 Å². The highest BCUT2D eigenvalue weighted by atomic mass is 31.4. The van der Waals surface area contributed by atoms with Gasteiger partial charge < -0.3 is 10.2 Å². The van der Waals surface area contributed by atoms with E-state index in [-0.39, 0.29) is 10.8 Å². The minimum absolute atomic E-state index is 0.172. The summed E-state index contributed by atoms with van der Waals surface area (Å²) in [5.74, 6) is 0.756. The minimum atomic E-state index is -2.17. The van der Waals surface area contributed by atoms with Crippen LogP contribution in [0.25, 0.3) is 0 Å². The molecule has 4 heteroatoms. The van der Waals surface area contributed by atoms with Crippen LogP contribution in [0.3, 0.4) is 0 Å². The molecule has 0 aliphatic heterocycles. The van der Waals surface area contributed by atoms with Gasteiger partial charge in [-0.3, -0.25) is 0 Å². The summed E-state index contributed by atoms with van der Waals surface area (Å²) in [6.45, 7) is 17.5. The van der Waals surface area contributed by atoms with Crippen LogP contribution in [0.5, 0.6) is 11.5 Å². The summed E-state index contributed by atoms with van der Waals surface area (Å²) in [5.41, 5.74) is 1.56. The van der Waals surface area contributed by atoms with Crippen molar-refractivity contribution in [1.29, 1.82) is 0 Å². The second-order valence-corrected chi connectivity index (χ2v) is 21.1. The molecular formula is C28H37O2PSi. The van der Waals surface area contributed by atoms with Gasteiger partial charge in [0, 0.05) is 10.6 Å². The van der Waals surface area contributed by atoms with Crippen LogP contribution in [-0.2, 0) is 10.8 Å². The van der Waals surface area contributed by atoms with Crippen LogP contribution in [0.2, 0.25) is 13.1 Å². The average Bonchev–Trinajstić information content (AvgIpc) is 2.69. The lowest BCUT2D eigenvalue weighted by Crippen LogP contribution is -2.45. The molecule has 0 aliphatic carbocycles. The lowest BCUT2D eigenvalue weighted by molar-refractivity contribution is 0.450. The highest BCUT2D eigenvalue weighted by Gasteiger charge is 2.40. The minimum Gasteiger partial charge on any atom is -0.507 e. The van der Waals surface area contributed by atoms with E-state index in [1.54, 1.807) is 0 Å². The van der Waals surface area contributed by atoms with E-state index in [9.17, 15) is 10.2 Å². The molecule has 0 radical (unpaired) electrons. The normalized spacial score (nSPS) is 12.9. The first kappa shape index (κ1) is 24.5. The van der Waals surface area contributed by atoms with Gasteiger partial charge in [-0.05, 0) is 29.4 Å². The quantitative estimate of drug-likeness (QED) is 0.355. The number of phenolic OH excluding ortho intramolecular Hbond substituents is 2. The van der Waals surface area contributed by atoms with Gasteiger partial charge in [0.25, 0.3) is 0 Å². The average molecular weight is 465 g/mol. The molecule has 0 spiro atoms. The summed E-state index contributed by atoms with van der Waals surface area (Å²) in [5, 5.41) is 26.3. The number of benzene rings is 3. The van der Waals surface area contributed by atoms with E-state index in [0.29, 0.717) is 11.5 Å². The Kier molecular flexibility index (Phi) is 6.66. The number of hydrogen-bond donors (Lipinski definition) is 2. The van der Waals surface area contributed by atoms with Crippen LogP contribution in [-0.4, -0.2) is 18.0 Å². The van der Waals surface area contributed by atoms with E-state index >= 15 is 0 Å². The van der Waals surface area contributed by atoms with Gasteiger partial charge in [-0.2, -0.15) is 0 Å². The van der Waals surface area contributed by atoms with Crippen molar-refractivity contribution in [2.45, 2.75) is 65.5 Å². The lowest BCUT2D eigenvalue weighted by atomic mass is 9.86. The molecule has 32 heavy (non-hydrogen) atoms. The molecule has 0 unspecified atom stereocenters. The molecule has 3 aromatic rings. The van der Waals surface area contributed by atoms with Gasteiger partial charge in [-0.25, -0.2) is 0 Å². The number of hydrogen-bond acceptors (Lipinski definition) is 2. The van der Waals surface area contributed by atoms with Crippen molar-refractivity contribution in [2.24, 2.45) is 0 Å². The zero-order valence-electron chi connectivity index (χ0n) is 20.7. The predicted molar refractivity (Wildman–Crippen MR) is 143 cm³/mol. The monoisotopic (exact) mass is 464 g/mol. The van der Waals surface area contributed by atoms with Gasteiger partial charge in [-0.15, -0.1) is 0 Å². The van der Waals surface area contributed by atoms with Crippen molar-refractivity contribution in [1.82, 2.24) is 0 Å². The first-order valence-corrected chi connectivity index (χ1v) is 16.5. The van der Waals surface area contributed by atoms with E-state index in [4.69, 9.17) is 0 Å². The van der Waals surface area contributed by atoms with E-state index < -0.39 is 15.2 Å². The Morgan fingerprint density at radius 3 is 1.38 bits per heavy atom. The zero-order chi connectivity index (χ0) is 23.9. The largest absolute Gasteiger partial charge is 0.507 e. The second kappa shape index (κ2) is 8.69. The van der Waals surface area contributed by atoms with E-state index in [1.165, 1.54) is 5.19 Å². The molecule has 0 bridgehead atoms. The molecule has 0 aromatic heterocycles. The summed E-state index contributed by atoms with van der Waals surface area (Å²) >= 11 is 0. The van der Waals surface area contributed by atoms with Crippen LogP contribution in [0.1, 0.15) is 52.7 Å². The van der Waals surface area contributed by atoms with Crippen LogP contribution in [0, 0.1) is 0 Å². The SMILES string of the molecule is CC(C)(C)c1cccc(P(c2cccc(C(C)(C)C)c2O)[Si](C)(C)c2ccccc2)c1O. The van der Waals surface area contributed by atoms with Gasteiger partial charge in [0.05, 0.1) is 0 Å². The topological polar surface area (TPSA) is 40.5 Å². The fraction of sp³-hybridized carbons (Fsp3) is 0.357. The van der Waals surface area contributed by atoms with Crippen LogP contribution in [0.15, 0.2) is 66.7 Å². The molecule has 0 atom stereocenters. The number of para-hydroxylation sites is 2. The maximum absolute atomic E-state index is 11.5.